The maximum atomic E-state index is 13.7. The first-order chi connectivity index (χ1) is 10.4. The second-order valence-electron chi connectivity index (χ2n) is 6.48. The fourth-order valence-electron chi connectivity index (χ4n) is 3.13. The molecule has 22 heavy (non-hydrogen) atoms. The quantitative estimate of drug-likeness (QED) is 0.906. The lowest BCUT2D eigenvalue weighted by atomic mass is 10.0. The molecule has 5 heteroatoms. The molecule has 2 rings (SSSR count). The number of benzene rings is 1. The SMILES string of the molecule is CC(C)N1CCC(N(C)CC(O)c2ccc(F)cc2F)CC1. The third-order valence-corrected chi connectivity index (χ3v) is 4.64. The normalized spacial score (nSPS) is 19.1. The molecular formula is C17H26F2N2O. The number of hydrogen-bond acceptors (Lipinski definition) is 3. The maximum absolute atomic E-state index is 13.7. The first-order valence-electron chi connectivity index (χ1n) is 7.95. The molecule has 1 aliphatic heterocycles. The number of likely N-dealkylation sites (N-methyl/N-ethyl adjacent to an activating group) is 1. The van der Waals surface area contributed by atoms with Crippen molar-refractivity contribution in [2.24, 2.45) is 0 Å². The molecule has 1 aromatic carbocycles. The Morgan fingerprint density at radius 3 is 2.45 bits per heavy atom. The van der Waals surface area contributed by atoms with Gasteiger partial charge < -0.3 is 14.9 Å². The predicted octanol–water partition coefficient (Wildman–Crippen LogP) is 2.80. The summed E-state index contributed by atoms with van der Waals surface area (Å²) in [6, 6.07) is 4.28. The fraction of sp³-hybridized carbons (Fsp3) is 0.647. The Morgan fingerprint density at radius 1 is 1.27 bits per heavy atom. The van der Waals surface area contributed by atoms with Crippen molar-refractivity contribution in [2.75, 3.05) is 26.7 Å². The van der Waals surface area contributed by atoms with Crippen LogP contribution in [0.5, 0.6) is 0 Å². The second kappa shape index (κ2) is 7.49. The van der Waals surface area contributed by atoms with Crippen molar-refractivity contribution in [1.29, 1.82) is 0 Å². The standard InChI is InChI=1S/C17H26F2N2O/c1-12(2)21-8-6-14(7-9-21)20(3)11-17(22)15-5-4-13(18)10-16(15)19/h4-5,10,12,14,17,22H,6-9,11H2,1-3H3. The summed E-state index contributed by atoms with van der Waals surface area (Å²) in [6.07, 6.45) is 1.16. The average molecular weight is 312 g/mol. The molecule has 0 spiro atoms. The van der Waals surface area contributed by atoms with E-state index in [-0.39, 0.29) is 5.56 Å². The summed E-state index contributed by atoms with van der Waals surface area (Å²) in [5.41, 5.74) is 0.160. The van der Waals surface area contributed by atoms with Crippen LogP contribution in [-0.4, -0.2) is 53.7 Å². The van der Waals surface area contributed by atoms with Crippen LogP contribution in [-0.2, 0) is 0 Å². The van der Waals surface area contributed by atoms with Gasteiger partial charge in [-0.15, -0.1) is 0 Å². The van der Waals surface area contributed by atoms with E-state index in [4.69, 9.17) is 0 Å². The molecule has 0 saturated carbocycles. The summed E-state index contributed by atoms with van der Waals surface area (Å²) in [7, 11) is 1.96. The Morgan fingerprint density at radius 2 is 1.91 bits per heavy atom. The van der Waals surface area contributed by atoms with Crippen LogP contribution in [0.3, 0.4) is 0 Å². The number of aliphatic hydroxyl groups excluding tert-OH is 1. The van der Waals surface area contributed by atoms with E-state index in [9.17, 15) is 13.9 Å². The minimum Gasteiger partial charge on any atom is -0.387 e. The number of likely N-dealkylation sites (tertiary alicyclic amines) is 1. The summed E-state index contributed by atoms with van der Waals surface area (Å²) < 4.78 is 26.6. The number of rotatable bonds is 5. The highest BCUT2D eigenvalue weighted by Crippen LogP contribution is 2.22. The average Bonchev–Trinajstić information content (AvgIpc) is 2.47. The van der Waals surface area contributed by atoms with Crippen LogP contribution in [0.4, 0.5) is 8.78 Å². The fourth-order valence-corrected chi connectivity index (χ4v) is 3.13. The first kappa shape index (κ1) is 17.3. The van der Waals surface area contributed by atoms with Gasteiger partial charge in [-0.25, -0.2) is 8.78 Å². The van der Waals surface area contributed by atoms with Crippen LogP contribution in [0, 0.1) is 11.6 Å². The van der Waals surface area contributed by atoms with E-state index >= 15 is 0 Å². The van der Waals surface area contributed by atoms with E-state index in [2.05, 4.69) is 23.6 Å². The summed E-state index contributed by atoms with van der Waals surface area (Å²) in [5, 5.41) is 10.2. The highest BCUT2D eigenvalue weighted by molar-refractivity contribution is 5.21. The molecule has 0 bridgehead atoms. The topological polar surface area (TPSA) is 26.7 Å². The van der Waals surface area contributed by atoms with Crippen molar-refractivity contribution >= 4 is 0 Å². The van der Waals surface area contributed by atoms with Gasteiger partial charge >= 0.3 is 0 Å². The van der Waals surface area contributed by atoms with Crippen molar-refractivity contribution in [3.8, 4) is 0 Å². The third kappa shape index (κ3) is 4.24. The van der Waals surface area contributed by atoms with Gasteiger partial charge in [-0.3, -0.25) is 0 Å². The number of nitrogens with zero attached hydrogens (tertiary/aromatic N) is 2. The number of aliphatic hydroxyl groups is 1. The van der Waals surface area contributed by atoms with E-state index in [0.717, 1.165) is 32.0 Å². The smallest absolute Gasteiger partial charge is 0.131 e. The molecule has 1 heterocycles. The van der Waals surface area contributed by atoms with Crippen LogP contribution in [0.2, 0.25) is 0 Å². The monoisotopic (exact) mass is 312 g/mol. The van der Waals surface area contributed by atoms with Crippen LogP contribution < -0.4 is 0 Å². The summed E-state index contributed by atoms with van der Waals surface area (Å²) in [4.78, 5) is 4.53. The molecule has 0 aliphatic carbocycles. The van der Waals surface area contributed by atoms with Crippen molar-refractivity contribution in [3.05, 3.63) is 35.4 Å². The van der Waals surface area contributed by atoms with E-state index in [1.807, 2.05) is 7.05 Å². The van der Waals surface area contributed by atoms with Crippen molar-refractivity contribution in [3.63, 3.8) is 0 Å². The van der Waals surface area contributed by atoms with Gasteiger partial charge in [0, 0.05) is 30.3 Å². The first-order valence-corrected chi connectivity index (χ1v) is 7.95. The second-order valence-corrected chi connectivity index (χ2v) is 6.48. The van der Waals surface area contributed by atoms with Crippen LogP contribution in [0.1, 0.15) is 38.4 Å². The number of hydrogen-bond donors (Lipinski definition) is 1. The van der Waals surface area contributed by atoms with E-state index in [1.165, 1.54) is 12.1 Å². The molecule has 3 nitrogen and oxygen atoms in total. The Balaban J connectivity index is 1.90. The zero-order valence-electron chi connectivity index (χ0n) is 13.6. The molecule has 1 saturated heterocycles. The van der Waals surface area contributed by atoms with E-state index < -0.39 is 17.7 Å². The minimum atomic E-state index is -0.936. The molecule has 1 atom stereocenters. The minimum absolute atomic E-state index is 0.160. The molecule has 124 valence electrons. The number of piperidine rings is 1. The Labute approximate surface area is 131 Å². The molecule has 1 N–H and O–H groups in total. The van der Waals surface area contributed by atoms with Crippen LogP contribution >= 0.6 is 0 Å². The van der Waals surface area contributed by atoms with Gasteiger partial charge in [0.1, 0.15) is 11.6 Å². The zero-order valence-corrected chi connectivity index (χ0v) is 13.6. The van der Waals surface area contributed by atoms with Gasteiger partial charge in [-0.2, -0.15) is 0 Å². The predicted molar refractivity (Wildman–Crippen MR) is 83.7 cm³/mol. The Kier molecular flexibility index (Phi) is 5.89. The highest BCUT2D eigenvalue weighted by Gasteiger charge is 2.25. The molecule has 0 amide bonds. The molecule has 1 fully saturated rings. The largest absolute Gasteiger partial charge is 0.387 e. The molecule has 1 aromatic rings. The molecular weight excluding hydrogens is 286 g/mol. The van der Waals surface area contributed by atoms with Gasteiger partial charge in [0.05, 0.1) is 6.10 Å². The molecule has 1 aliphatic rings. The summed E-state index contributed by atoms with van der Waals surface area (Å²) in [6.45, 7) is 6.85. The Bertz CT molecular complexity index is 488. The third-order valence-electron chi connectivity index (χ3n) is 4.64. The van der Waals surface area contributed by atoms with Gasteiger partial charge in [-0.05, 0) is 52.9 Å². The molecule has 0 radical (unpaired) electrons. The highest BCUT2D eigenvalue weighted by atomic mass is 19.1. The van der Waals surface area contributed by atoms with Gasteiger partial charge in [-0.1, -0.05) is 6.07 Å². The zero-order chi connectivity index (χ0) is 16.3. The van der Waals surface area contributed by atoms with Crippen LogP contribution in [0.15, 0.2) is 18.2 Å². The number of halogens is 2. The van der Waals surface area contributed by atoms with Crippen molar-refractivity contribution in [2.45, 2.75) is 44.9 Å². The summed E-state index contributed by atoms with van der Waals surface area (Å²) in [5.74, 6) is -1.31. The Hall–Kier alpha value is -1.04. The maximum Gasteiger partial charge on any atom is 0.131 e. The molecule has 1 unspecified atom stereocenters. The lowest BCUT2D eigenvalue weighted by Gasteiger charge is -2.39. The lowest BCUT2D eigenvalue weighted by Crippen LogP contribution is -2.46. The van der Waals surface area contributed by atoms with Crippen LogP contribution in [0.25, 0.3) is 0 Å². The van der Waals surface area contributed by atoms with E-state index in [0.29, 0.717) is 18.6 Å². The lowest BCUT2D eigenvalue weighted by molar-refractivity contribution is 0.0645. The summed E-state index contributed by atoms with van der Waals surface area (Å²) >= 11 is 0. The van der Waals surface area contributed by atoms with Gasteiger partial charge in [0.2, 0.25) is 0 Å². The van der Waals surface area contributed by atoms with E-state index in [1.54, 1.807) is 0 Å². The van der Waals surface area contributed by atoms with Gasteiger partial charge in [0.15, 0.2) is 0 Å². The van der Waals surface area contributed by atoms with Gasteiger partial charge in [0.25, 0.3) is 0 Å². The molecule has 0 aromatic heterocycles. The van der Waals surface area contributed by atoms with Crippen molar-refractivity contribution < 1.29 is 13.9 Å². The van der Waals surface area contributed by atoms with Crippen molar-refractivity contribution in [1.82, 2.24) is 9.80 Å².